The van der Waals surface area contributed by atoms with Crippen molar-refractivity contribution in [2.75, 3.05) is 0 Å². The maximum atomic E-state index is 2.44. The molecule has 0 nitrogen and oxygen atoms in total. The van der Waals surface area contributed by atoms with Gasteiger partial charge in [0.2, 0.25) is 0 Å². The molecule has 0 heteroatoms. The summed E-state index contributed by atoms with van der Waals surface area (Å²) in [4.78, 5) is 0. The molecule has 0 unspecified atom stereocenters. The van der Waals surface area contributed by atoms with E-state index in [-0.39, 0.29) is 5.41 Å². The molecule has 0 aliphatic heterocycles. The van der Waals surface area contributed by atoms with Gasteiger partial charge in [-0.25, -0.2) is 0 Å². The van der Waals surface area contributed by atoms with E-state index < -0.39 is 0 Å². The predicted molar refractivity (Wildman–Crippen MR) is 87.6 cm³/mol. The van der Waals surface area contributed by atoms with Gasteiger partial charge in [0.1, 0.15) is 0 Å². The Hall–Kier alpha value is -0.780. The average Bonchev–Trinajstić information content (AvgIpc) is 3.10. The molecule has 2 aliphatic rings. The summed E-state index contributed by atoms with van der Waals surface area (Å²) in [5.41, 5.74) is 5.38. The Balaban J connectivity index is 2.06. The molecular formula is C20H30. The molecule has 0 N–H and O–H groups in total. The summed E-state index contributed by atoms with van der Waals surface area (Å²) in [5, 5.41) is 0. The zero-order chi connectivity index (χ0) is 14.2. The zero-order valence-electron chi connectivity index (χ0n) is 13.5. The molecule has 0 radical (unpaired) electrons. The van der Waals surface area contributed by atoms with Crippen LogP contribution in [-0.4, -0.2) is 0 Å². The minimum absolute atomic E-state index is 0.289. The van der Waals surface area contributed by atoms with Crippen LogP contribution in [0.2, 0.25) is 0 Å². The molecule has 2 aliphatic carbocycles. The molecule has 0 spiro atoms. The molecule has 0 atom stereocenters. The molecule has 3 rings (SSSR count). The van der Waals surface area contributed by atoms with Crippen molar-refractivity contribution in [1.29, 1.82) is 0 Å². The fourth-order valence-electron chi connectivity index (χ4n) is 4.61. The monoisotopic (exact) mass is 270 g/mol. The maximum absolute atomic E-state index is 2.44. The summed E-state index contributed by atoms with van der Waals surface area (Å²) >= 11 is 0. The van der Waals surface area contributed by atoms with Crippen LogP contribution in [0.4, 0.5) is 0 Å². The van der Waals surface area contributed by atoms with E-state index in [1.54, 1.807) is 16.7 Å². The molecule has 0 bridgehead atoms. The summed E-state index contributed by atoms with van der Waals surface area (Å²) in [5.74, 6) is 1.68. The molecule has 0 heterocycles. The van der Waals surface area contributed by atoms with Crippen LogP contribution in [0.15, 0.2) is 18.2 Å². The minimum Gasteiger partial charge on any atom is -0.0617 e. The van der Waals surface area contributed by atoms with Gasteiger partial charge in [-0.3, -0.25) is 0 Å². The van der Waals surface area contributed by atoms with Crippen molar-refractivity contribution >= 4 is 0 Å². The largest absolute Gasteiger partial charge is 0.0617 e. The topological polar surface area (TPSA) is 0 Å². The van der Waals surface area contributed by atoms with Gasteiger partial charge in [0.25, 0.3) is 0 Å². The van der Waals surface area contributed by atoms with Gasteiger partial charge in [-0.1, -0.05) is 64.7 Å². The SMILES string of the molecule is CC(C)(C)c1c(C2CCCC2)cccc1C1CCCC1. The summed E-state index contributed by atoms with van der Waals surface area (Å²) in [7, 11) is 0. The third-order valence-corrected chi connectivity index (χ3v) is 5.47. The second-order valence-corrected chi connectivity index (χ2v) is 8.02. The Morgan fingerprint density at radius 2 is 1.15 bits per heavy atom. The standard InChI is InChI=1S/C20H30/c1-20(2,3)19-17(15-9-4-5-10-15)13-8-14-18(19)16-11-6-7-12-16/h8,13-16H,4-7,9-12H2,1-3H3. The average molecular weight is 270 g/mol. The van der Waals surface area contributed by atoms with Gasteiger partial charge in [-0.15, -0.1) is 0 Å². The molecule has 1 aromatic carbocycles. The van der Waals surface area contributed by atoms with Gasteiger partial charge in [0.05, 0.1) is 0 Å². The van der Waals surface area contributed by atoms with Crippen molar-refractivity contribution in [2.45, 2.75) is 89.4 Å². The van der Waals surface area contributed by atoms with Crippen LogP contribution in [0.3, 0.4) is 0 Å². The maximum Gasteiger partial charge on any atom is -0.0126 e. The lowest BCUT2D eigenvalue weighted by Gasteiger charge is -2.31. The van der Waals surface area contributed by atoms with Crippen molar-refractivity contribution in [3.63, 3.8) is 0 Å². The number of hydrogen-bond donors (Lipinski definition) is 0. The molecule has 0 aromatic heterocycles. The number of hydrogen-bond acceptors (Lipinski definition) is 0. The first-order chi connectivity index (χ1) is 9.57. The van der Waals surface area contributed by atoms with Gasteiger partial charge in [-0.2, -0.15) is 0 Å². The summed E-state index contributed by atoms with van der Waals surface area (Å²) < 4.78 is 0. The molecule has 0 amide bonds. The summed E-state index contributed by atoms with van der Waals surface area (Å²) in [6.07, 6.45) is 11.4. The number of rotatable bonds is 2. The third kappa shape index (κ3) is 2.67. The van der Waals surface area contributed by atoms with Crippen LogP contribution in [0.25, 0.3) is 0 Å². The first-order valence-electron chi connectivity index (χ1n) is 8.70. The molecule has 20 heavy (non-hydrogen) atoms. The second kappa shape index (κ2) is 5.54. The predicted octanol–water partition coefficient (Wildman–Crippen LogP) is 6.30. The van der Waals surface area contributed by atoms with Crippen molar-refractivity contribution < 1.29 is 0 Å². The lowest BCUT2D eigenvalue weighted by Crippen LogP contribution is -2.19. The molecule has 0 saturated heterocycles. The molecule has 2 fully saturated rings. The Kier molecular flexibility index (Phi) is 3.93. The second-order valence-electron chi connectivity index (χ2n) is 8.02. The Labute approximate surface area is 125 Å². The normalized spacial score (nSPS) is 21.8. The van der Waals surface area contributed by atoms with E-state index in [1.165, 1.54) is 51.4 Å². The van der Waals surface area contributed by atoms with Gasteiger partial charge in [0.15, 0.2) is 0 Å². The van der Waals surface area contributed by atoms with Crippen molar-refractivity contribution in [1.82, 2.24) is 0 Å². The van der Waals surface area contributed by atoms with E-state index in [0.29, 0.717) is 0 Å². The molecule has 1 aromatic rings. The molecular weight excluding hydrogens is 240 g/mol. The van der Waals surface area contributed by atoms with E-state index in [9.17, 15) is 0 Å². The lowest BCUT2D eigenvalue weighted by atomic mass is 9.74. The highest BCUT2D eigenvalue weighted by molar-refractivity contribution is 5.44. The first kappa shape index (κ1) is 14.2. The Bertz CT molecular complexity index is 417. The van der Waals surface area contributed by atoms with Crippen LogP contribution in [0.1, 0.15) is 101 Å². The van der Waals surface area contributed by atoms with Gasteiger partial charge >= 0.3 is 0 Å². The van der Waals surface area contributed by atoms with E-state index in [4.69, 9.17) is 0 Å². The van der Waals surface area contributed by atoms with E-state index in [2.05, 4.69) is 39.0 Å². The van der Waals surface area contributed by atoms with E-state index in [0.717, 1.165) is 11.8 Å². The van der Waals surface area contributed by atoms with Crippen molar-refractivity contribution in [3.8, 4) is 0 Å². The fourth-order valence-corrected chi connectivity index (χ4v) is 4.61. The quantitative estimate of drug-likeness (QED) is 0.591. The highest BCUT2D eigenvalue weighted by Crippen LogP contribution is 2.45. The summed E-state index contributed by atoms with van der Waals surface area (Å²) in [6, 6.07) is 7.22. The van der Waals surface area contributed by atoms with Crippen molar-refractivity contribution in [3.05, 3.63) is 34.9 Å². The first-order valence-corrected chi connectivity index (χ1v) is 8.70. The van der Waals surface area contributed by atoms with Crippen LogP contribution in [0.5, 0.6) is 0 Å². The van der Waals surface area contributed by atoms with Gasteiger partial charge in [-0.05, 0) is 59.6 Å². The van der Waals surface area contributed by atoms with E-state index in [1.807, 2.05) is 0 Å². The summed E-state index contributed by atoms with van der Waals surface area (Å²) in [6.45, 7) is 7.25. The minimum atomic E-state index is 0.289. The zero-order valence-corrected chi connectivity index (χ0v) is 13.5. The highest BCUT2D eigenvalue weighted by atomic mass is 14.3. The highest BCUT2D eigenvalue weighted by Gasteiger charge is 2.30. The Morgan fingerprint density at radius 3 is 1.50 bits per heavy atom. The number of benzene rings is 1. The van der Waals surface area contributed by atoms with Crippen LogP contribution in [-0.2, 0) is 5.41 Å². The molecule has 110 valence electrons. The van der Waals surface area contributed by atoms with Gasteiger partial charge < -0.3 is 0 Å². The molecule has 2 saturated carbocycles. The third-order valence-electron chi connectivity index (χ3n) is 5.47. The lowest BCUT2D eigenvalue weighted by molar-refractivity contribution is 0.549. The van der Waals surface area contributed by atoms with E-state index >= 15 is 0 Å². The van der Waals surface area contributed by atoms with Gasteiger partial charge in [0, 0.05) is 0 Å². The smallest absolute Gasteiger partial charge is 0.0126 e. The fraction of sp³-hybridized carbons (Fsp3) is 0.700. The van der Waals surface area contributed by atoms with Crippen LogP contribution >= 0.6 is 0 Å². The van der Waals surface area contributed by atoms with Crippen LogP contribution in [0, 0.1) is 0 Å². The van der Waals surface area contributed by atoms with Crippen molar-refractivity contribution in [2.24, 2.45) is 0 Å². The van der Waals surface area contributed by atoms with Crippen LogP contribution < -0.4 is 0 Å². The Morgan fingerprint density at radius 1 is 0.750 bits per heavy atom.